The number of aromatic nitrogens is 1. The van der Waals surface area contributed by atoms with Gasteiger partial charge in [-0.15, -0.1) is 0 Å². The summed E-state index contributed by atoms with van der Waals surface area (Å²) in [5.74, 6) is -0.205. The summed E-state index contributed by atoms with van der Waals surface area (Å²) < 4.78 is 45.3. The van der Waals surface area contributed by atoms with Gasteiger partial charge in [-0.1, -0.05) is 23.7 Å². The minimum absolute atomic E-state index is 0.198. The molecule has 1 aliphatic heterocycles. The van der Waals surface area contributed by atoms with E-state index in [-0.39, 0.29) is 18.2 Å². The number of alkyl halides is 3. The van der Waals surface area contributed by atoms with Crippen LogP contribution in [0.1, 0.15) is 28.8 Å². The topological polar surface area (TPSA) is 42.4 Å². The molecule has 2 heterocycles. The van der Waals surface area contributed by atoms with Gasteiger partial charge < -0.3 is 9.64 Å². The molecule has 1 aromatic heterocycles. The Bertz CT molecular complexity index is 798. The van der Waals surface area contributed by atoms with E-state index in [0.717, 1.165) is 6.07 Å². The van der Waals surface area contributed by atoms with Crippen molar-refractivity contribution in [2.75, 3.05) is 13.1 Å². The summed E-state index contributed by atoms with van der Waals surface area (Å²) in [6, 6.07) is 6.43. The summed E-state index contributed by atoms with van der Waals surface area (Å²) in [5.41, 5.74) is -1.27. The van der Waals surface area contributed by atoms with Crippen LogP contribution in [0.3, 0.4) is 0 Å². The lowest BCUT2D eigenvalue weighted by molar-refractivity contribution is -0.138. The van der Waals surface area contributed by atoms with Gasteiger partial charge >= 0.3 is 6.18 Å². The molecule has 3 rings (SSSR count). The molecule has 0 radical (unpaired) electrons. The predicted molar refractivity (Wildman–Crippen MR) is 90.2 cm³/mol. The van der Waals surface area contributed by atoms with E-state index in [2.05, 4.69) is 4.98 Å². The number of hydrogen-bond acceptors (Lipinski definition) is 3. The number of halogens is 4. The van der Waals surface area contributed by atoms with Crippen molar-refractivity contribution in [1.82, 2.24) is 9.88 Å². The average molecular weight is 385 g/mol. The average Bonchev–Trinajstić information content (AvgIpc) is 2.62. The van der Waals surface area contributed by atoms with Gasteiger partial charge in [0.1, 0.15) is 16.9 Å². The third kappa shape index (κ3) is 4.09. The van der Waals surface area contributed by atoms with Crippen LogP contribution >= 0.6 is 11.6 Å². The lowest BCUT2D eigenvalue weighted by Gasteiger charge is -2.33. The molecule has 1 aliphatic rings. The van der Waals surface area contributed by atoms with E-state index in [1.807, 2.05) is 0 Å². The number of likely N-dealkylation sites (tertiary alicyclic amines) is 1. The minimum Gasteiger partial charge on any atom is -0.487 e. The van der Waals surface area contributed by atoms with Crippen molar-refractivity contribution in [3.8, 4) is 5.75 Å². The fraction of sp³-hybridized carbons (Fsp3) is 0.333. The van der Waals surface area contributed by atoms with Gasteiger partial charge in [-0.3, -0.25) is 9.78 Å². The quantitative estimate of drug-likeness (QED) is 0.785. The maximum Gasteiger partial charge on any atom is 0.417 e. The standard InChI is InChI=1S/C18H16ClF3N2O2/c19-15-10-23-8-7-16(15)26-12-4-3-9-24(11-12)17(25)13-5-1-2-6-14(13)18(20,21)22/h1-2,5-8,10,12H,3-4,9,11H2. The molecule has 0 aliphatic carbocycles. The Kier molecular flexibility index (Phi) is 5.36. The van der Waals surface area contributed by atoms with E-state index in [9.17, 15) is 18.0 Å². The first kappa shape index (κ1) is 18.5. The zero-order valence-electron chi connectivity index (χ0n) is 13.7. The zero-order valence-corrected chi connectivity index (χ0v) is 14.4. The van der Waals surface area contributed by atoms with E-state index < -0.39 is 17.6 Å². The second-order valence-electron chi connectivity index (χ2n) is 5.98. The Hall–Kier alpha value is -2.28. The molecule has 8 heteroatoms. The monoisotopic (exact) mass is 384 g/mol. The summed E-state index contributed by atoms with van der Waals surface area (Å²) >= 11 is 6.02. The number of benzene rings is 1. The number of pyridine rings is 1. The molecule has 26 heavy (non-hydrogen) atoms. The highest BCUT2D eigenvalue weighted by molar-refractivity contribution is 6.31. The molecule has 0 spiro atoms. The number of hydrogen-bond donors (Lipinski definition) is 0. The van der Waals surface area contributed by atoms with Crippen LogP contribution in [0.15, 0.2) is 42.7 Å². The number of carbonyl (C=O) groups excluding carboxylic acids is 1. The first-order valence-electron chi connectivity index (χ1n) is 8.08. The molecule has 1 saturated heterocycles. The molecule has 0 saturated carbocycles. The predicted octanol–water partition coefficient (Wildman–Crippen LogP) is 4.44. The number of amides is 1. The highest BCUT2D eigenvalue weighted by atomic mass is 35.5. The Morgan fingerprint density at radius 1 is 1.27 bits per heavy atom. The summed E-state index contributed by atoms with van der Waals surface area (Å²) in [4.78, 5) is 17.9. The first-order chi connectivity index (χ1) is 12.4. The van der Waals surface area contributed by atoms with Crippen LogP contribution in [-0.4, -0.2) is 35.0 Å². The van der Waals surface area contributed by atoms with Crippen molar-refractivity contribution < 1.29 is 22.7 Å². The molecule has 1 atom stereocenters. The van der Waals surface area contributed by atoms with Crippen molar-refractivity contribution in [1.29, 1.82) is 0 Å². The largest absolute Gasteiger partial charge is 0.487 e. The minimum atomic E-state index is -4.58. The second kappa shape index (κ2) is 7.53. The van der Waals surface area contributed by atoms with Gasteiger partial charge in [-0.25, -0.2) is 0 Å². The maximum atomic E-state index is 13.2. The van der Waals surface area contributed by atoms with Crippen LogP contribution in [-0.2, 0) is 6.18 Å². The molecule has 0 N–H and O–H groups in total. The van der Waals surface area contributed by atoms with Crippen molar-refractivity contribution in [2.24, 2.45) is 0 Å². The van der Waals surface area contributed by atoms with E-state index in [1.165, 1.54) is 35.5 Å². The maximum absolute atomic E-state index is 13.2. The molecule has 4 nitrogen and oxygen atoms in total. The molecule has 1 unspecified atom stereocenters. The van der Waals surface area contributed by atoms with Crippen molar-refractivity contribution >= 4 is 17.5 Å². The first-order valence-corrected chi connectivity index (χ1v) is 8.45. The van der Waals surface area contributed by atoms with E-state index in [4.69, 9.17) is 16.3 Å². The van der Waals surface area contributed by atoms with Gasteiger partial charge in [0.05, 0.1) is 17.7 Å². The van der Waals surface area contributed by atoms with Crippen molar-refractivity contribution in [3.05, 3.63) is 58.9 Å². The van der Waals surface area contributed by atoms with Gasteiger partial charge in [-0.05, 0) is 25.0 Å². The van der Waals surface area contributed by atoms with Gasteiger partial charge in [-0.2, -0.15) is 13.2 Å². The Labute approximate surface area is 153 Å². The summed E-state index contributed by atoms with van der Waals surface area (Å²) in [6.07, 6.45) is -0.626. The third-order valence-electron chi connectivity index (χ3n) is 4.16. The van der Waals surface area contributed by atoms with E-state index in [0.29, 0.717) is 30.2 Å². The second-order valence-corrected chi connectivity index (χ2v) is 6.39. The van der Waals surface area contributed by atoms with Gasteiger partial charge in [0.15, 0.2) is 0 Å². The number of ether oxygens (including phenoxy) is 1. The number of piperidine rings is 1. The van der Waals surface area contributed by atoms with E-state index >= 15 is 0 Å². The van der Waals surface area contributed by atoms with Crippen LogP contribution in [0.2, 0.25) is 5.02 Å². The molecular weight excluding hydrogens is 369 g/mol. The SMILES string of the molecule is O=C(c1ccccc1C(F)(F)F)N1CCCC(Oc2ccncc2Cl)C1. The van der Waals surface area contributed by atoms with Crippen LogP contribution in [0.5, 0.6) is 5.75 Å². The molecule has 0 bridgehead atoms. The summed E-state index contributed by atoms with van der Waals surface area (Å²) in [5, 5.41) is 0.346. The van der Waals surface area contributed by atoms with Gasteiger partial charge in [0.2, 0.25) is 0 Å². The Balaban J connectivity index is 1.76. The lowest BCUT2D eigenvalue weighted by Crippen LogP contribution is -2.44. The molecule has 1 fully saturated rings. The zero-order chi connectivity index (χ0) is 18.7. The molecule has 138 valence electrons. The molecule has 2 aromatic rings. The van der Waals surface area contributed by atoms with Gasteiger partial charge in [0, 0.05) is 25.0 Å². The highest BCUT2D eigenvalue weighted by Crippen LogP contribution is 2.33. The third-order valence-corrected chi connectivity index (χ3v) is 4.44. The Morgan fingerprint density at radius 3 is 2.77 bits per heavy atom. The number of nitrogens with zero attached hydrogens (tertiary/aromatic N) is 2. The van der Waals surface area contributed by atoms with Crippen LogP contribution in [0, 0.1) is 0 Å². The van der Waals surface area contributed by atoms with Crippen LogP contribution in [0.25, 0.3) is 0 Å². The number of carbonyl (C=O) groups is 1. The van der Waals surface area contributed by atoms with Crippen molar-refractivity contribution in [3.63, 3.8) is 0 Å². The molecular formula is C18H16ClF3N2O2. The summed E-state index contributed by atoms with van der Waals surface area (Å²) in [7, 11) is 0. The fourth-order valence-corrected chi connectivity index (χ4v) is 3.11. The van der Waals surface area contributed by atoms with E-state index in [1.54, 1.807) is 6.07 Å². The van der Waals surface area contributed by atoms with Crippen LogP contribution in [0.4, 0.5) is 13.2 Å². The highest BCUT2D eigenvalue weighted by Gasteiger charge is 2.36. The summed E-state index contributed by atoms with van der Waals surface area (Å²) in [6.45, 7) is 0.582. The fourth-order valence-electron chi connectivity index (χ4n) is 2.94. The van der Waals surface area contributed by atoms with Gasteiger partial charge in [0.25, 0.3) is 5.91 Å². The molecule has 1 aromatic carbocycles. The Morgan fingerprint density at radius 2 is 2.04 bits per heavy atom. The normalized spacial score (nSPS) is 17.8. The molecule has 1 amide bonds. The number of rotatable bonds is 3. The smallest absolute Gasteiger partial charge is 0.417 e. The lowest BCUT2D eigenvalue weighted by atomic mass is 10.0. The van der Waals surface area contributed by atoms with Crippen LogP contribution < -0.4 is 4.74 Å². The van der Waals surface area contributed by atoms with Crippen molar-refractivity contribution in [2.45, 2.75) is 25.1 Å².